The number of hydrogen-bond donors (Lipinski definition) is 1. The van der Waals surface area contributed by atoms with Crippen LogP contribution >= 0.6 is 0 Å². The maximum atomic E-state index is 11.6. The van der Waals surface area contributed by atoms with E-state index < -0.39 is 0 Å². The van der Waals surface area contributed by atoms with Gasteiger partial charge in [0.15, 0.2) is 0 Å². The van der Waals surface area contributed by atoms with Gasteiger partial charge in [-0.1, -0.05) is 23.8 Å². The largest absolute Gasteiger partial charge is 0.281 e. The van der Waals surface area contributed by atoms with Crippen LogP contribution < -0.4 is 10.4 Å². The summed E-state index contributed by atoms with van der Waals surface area (Å²) in [7, 11) is 0. The second kappa shape index (κ2) is 3.77. The third-order valence-electron chi connectivity index (χ3n) is 2.50. The zero-order valence-corrected chi connectivity index (χ0v) is 8.95. The summed E-state index contributed by atoms with van der Waals surface area (Å²) in [6.45, 7) is 4.57. The summed E-state index contributed by atoms with van der Waals surface area (Å²) >= 11 is 0. The molecule has 15 heavy (non-hydrogen) atoms. The van der Waals surface area contributed by atoms with Gasteiger partial charge in [-0.3, -0.25) is 15.2 Å². The number of hydrazine groups is 1. The van der Waals surface area contributed by atoms with E-state index in [0.29, 0.717) is 6.54 Å². The first-order valence-electron chi connectivity index (χ1n) is 4.98. The number of rotatable bonds is 1. The van der Waals surface area contributed by atoms with Crippen molar-refractivity contribution in [2.75, 3.05) is 11.6 Å². The molecule has 0 bridgehead atoms. The van der Waals surface area contributed by atoms with E-state index in [1.165, 1.54) is 0 Å². The summed E-state index contributed by atoms with van der Waals surface area (Å²) in [4.78, 5) is 11.6. The van der Waals surface area contributed by atoms with E-state index in [0.717, 1.165) is 16.8 Å². The van der Waals surface area contributed by atoms with E-state index in [9.17, 15) is 4.79 Å². The molecule has 0 aromatic heterocycles. The number of para-hydroxylation sites is 1. The minimum absolute atomic E-state index is 0.0128. The number of carbonyl (C=O) groups is 1. The number of hydrogen-bond acceptors (Lipinski definition) is 2. The zero-order valence-electron chi connectivity index (χ0n) is 8.95. The molecule has 0 aliphatic carbocycles. The molecule has 0 atom stereocenters. The van der Waals surface area contributed by atoms with Crippen LogP contribution in [0, 0.1) is 0 Å². The van der Waals surface area contributed by atoms with Gasteiger partial charge in [-0.25, -0.2) is 0 Å². The normalized spacial score (nSPS) is 15.5. The van der Waals surface area contributed by atoms with Gasteiger partial charge < -0.3 is 0 Å². The molecule has 0 saturated carbocycles. The highest BCUT2D eigenvalue weighted by molar-refractivity contribution is 5.99. The van der Waals surface area contributed by atoms with E-state index in [1.807, 2.05) is 49.2 Å². The SMILES string of the molecule is CC(C)=C1CN(c2ccccc2)NC1=O. The summed E-state index contributed by atoms with van der Waals surface area (Å²) in [6.07, 6.45) is 0. The molecule has 1 aromatic rings. The van der Waals surface area contributed by atoms with Crippen LogP contribution in [0.3, 0.4) is 0 Å². The molecule has 1 saturated heterocycles. The van der Waals surface area contributed by atoms with Gasteiger partial charge in [-0.15, -0.1) is 0 Å². The van der Waals surface area contributed by atoms with Gasteiger partial charge in [0.2, 0.25) is 0 Å². The van der Waals surface area contributed by atoms with Crippen LogP contribution in [0.25, 0.3) is 0 Å². The molecule has 0 unspecified atom stereocenters. The molecule has 3 nitrogen and oxygen atoms in total. The Labute approximate surface area is 89.4 Å². The quantitative estimate of drug-likeness (QED) is 0.705. The van der Waals surface area contributed by atoms with Crippen molar-refractivity contribution < 1.29 is 4.79 Å². The Morgan fingerprint density at radius 3 is 2.47 bits per heavy atom. The lowest BCUT2D eigenvalue weighted by Crippen LogP contribution is -2.32. The number of nitrogens with one attached hydrogen (secondary N) is 1. The summed E-state index contributed by atoms with van der Waals surface area (Å²) in [5.41, 5.74) is 5.79. The van der Waals surface area contributed by atoms with Gasteiger partial charge in [0.1, 0.15) is 0 Å². The van der Waals surface area contributed by atoms with E-state index in [1.54, 1.807) is 0 Å². The maximum Gasteiger partial charge on any atom is 0.267 e. The minimum Gasteiger partial charge on any atom is -0.281 e. The first-order chi connectivity index (χ1) is 7.18. The van der Waals surface area contributed by atoms with Gasteiger partial charge in [0, 0.05) is 5.57 Å². The smallest absolute Gasteiger partial charge is 0.267 e. The highest BCUT2D eigenvalue weighted by atomic mass is 16.2. The van der Waals surface area contributed by atoms with Crippen LogP contribution in [0.1, 0.15) is 13.8 Å². The molecule has 1 heterocycles. The second-order valence-electron chi connectivity index (χ2n) is 3.84. The van der Waals surface area contributed by atoms with Crippen molar-refractivity contribution >= 4 is 11.6 Å². The fourth-order valence-corrected chi connectivity index (χ4v) is 1.61. The molecule has 1 N–H and O–H groups in total. The third-order valence-corrected chi connectivity index (χ3v) is 2.50. The van der Waals surface area contributed by atoms with Crippen molar-refractivity contribution in [1.82, 2.24) is 5.43 Å². The minimum atomic E-state index is 0.0128. The average molecular weight is 202 g/mol. The Kier molecular flexibility index (Phi) is 2.46. The molecular formula is C12H14N2O. The molecule has 1 amide bonds. The molecular weight excluding hydrogens is 188 g/mol. The fraction of sp³-hybridized carbons (Fsp3) is 0.250. The number of benzene rings is 1. The molecule has 2 rings (SSSR count). The van der Waals surface area contributed by atoms with E-state index in [2.05, 4.69) is 5.43 Å². The van der Waals surface area contributed by atoms with Crippen molar-refractivity contribution in [2.45, 2.75) is 13.8 Å². The monoisotopic (exact) mass is 202 g/mol. The predicted octanol–water partition coefficient (Wildman–Crippen LogP) is 1.87. The number of amides is 1. The molecule has 0 radical (unpaired) electrons. The lowest BCUT2D eigenvalue weighted by atomic mass is 10.1. The number of carbonyl (C=O) groups excluding carboxylic acids is 1. The van der Waals surface area contributed by atoms with Crippen LogP contribution in [0.15, 0.2) is 41.5 Å². The summed E-state index contributed by atoms with van der Waals surface area (Å²) in [5, 5.41) is 1.87. The van der Waals surface area contributed by atoms with Crippen molar-refractivity contribution in [3.8, 4) is 0 Å². The number of nitrogens with zero attached hydrogens (tertiary/aromatic N) is 1. The zero-order chi connectivity index (χ0) is 10.8. The Bertz CT molecular complexity index is 405. The van der Waals surface area contributed by atoms with Crippen LogP contribution in [0.5, 0.6) is 0 Å². The second-order valence-corrected chi connectivity index (χ2v) is 3.84. The average Bonchev–Trinajstić information content (AvgIpc) is 2.62. The highest BCUT2D eigenvalue weighted by Gasteiger charge is 2.24. The Hall–Kier alpha value is -1.77. The molecule has 1 aliphatic heterocycles. The van der Waals surface area contributed by atoms with Crippen LogP contribution in [-0.2, 0) is 4.79 Å². The van der Waals surface area contributed by atoms with Crippen molar-refractivity contribution in [2.24, 2.45) is 0 Å². The Balaban J connectivity index is 2.24. The summed E-state index contributed by atoms with van der Waals surface area (Å²) < 4.78 is 0. The molecule has 1 fully saturated rings. The third kappa shape index (κ3) is 1.86. The van der Waals surface area contributed by atoms with Crippen molar-refractivity contribution in [1.29, 1.82) is 0 Å². The van der Waals surface area contributed by atoms with Gasteiger partial charge >= 0.3 is 0 Å². The molecule has 0 spiro atoms. The molecule has 1 aliphatic rings. The van der Waals surface area contributed by atoms with Crippen molar-refractivity contribution in [3.63, 3.8) is 0 Å². The van der Waals surface area contributed by atoms with Gasteiger partial charge in [-0.05, 0) is 26.0 Å². The van der Waals surface area contributed by atoms with Crippen LogP contribution in [0.2, 0.25) is 0 Å². The number of allylic oxidation sites excluding steroid dienone is 1. The first kappa shape index (κ1) is 9.77. The Morgan fingerprint density at radius 1 is 1.27 bits per heavy atom. The predicted molar refractivity (Wildman–Crippen MR) is 60.3 cm³/mol. The van der Waals surface area contributed by atoms with Crippen molar-refractivity contribution in [3.05, 3.63) is 41.5 Å². The first-order valence-corrected chi connectivity index (χ1v) is 4.98. The van der Waals surface area contributed by atoms with Gasteiger partial charge in [0.25, 0.3) is 5.91 Å². The van der Waals surface area contributed by atoms with E-state index in [-0.39, 0.29) is 5.91 Å². The Morgan fingerprint density at radius 2 is 1.93 bits per heavy atom. The number of anilines is 1. The molecule has 3 heteroatoms. The van der Waals surface area contributed by atoms with Crippen LogP contribution in [0.4, 0.5) is 5.69 Å². The van der Waals surface area contributed by atoms with Gasteiger partial charge in [0.05, 0.1) is 12.2 Å². The fourth-order valence-electron chi connectivity index (χ4n) is 1.61. The molecule has 78 valence electrons. The molecule has 1 aromatic carbocycles. The van der Waals surface area contributed by atoms with E-state index in [4.69, 9.17) is 0 Å². The maximum absolute atomic E-state index is 11.6. The topological polar surface area (TPSA) is 32.3 Å². The lowest BCUT2D eigenvalue weighted by Gasteiger charge is -2.16. The standard InChI is InChI=1S/C12H14N2O/c1-9(2)11-8-14(13-12(11)15)10-6-4-3-5-7-10/h3-7H,8H2,1-2H3,(H,13,15). The van der Waals surface area contributed by atoms with E-state index >= 15 is 0 Å². The summed E-state index contributed by atoms with van der Waals surface area (Å²) in [5.74, 6) is 0.0128. The van der Waals surface area contributed by atoms with Crippen LogP contribution in [-0.4, -0.2) is 12.5 Å². The highest BCUT2D eigenvalue weighted by Crippen LogP contribution is 2.19. The lowest BCUT2D eigenvalue weighted by molar-refractivity contribution is -0.116. The summed E-state index contributed by atoms with van der Waals surface area (Å²) in [6, 6.07) is 9.84. The van der Waals surface area contributed by atoms with Gasteiger partial charge in [-0.2, -0.15) is 0 Å².